The highest BCUT2D eigenvalue weighted by Gasteiger charge is 1.98. The largest absolute Gasteiger partial charge is 0.260 e. The summed E-state index contributed by atoms with van der Waals surface area (Å²) in [7, 11) is -0.634. The highest BCUT2D eigenvalue weighted by Crippen LogP contribution is 2.00. The predicted molar refractivity (Wildman–Crippen MR) is 56.9 cm³/mol. The fraction of sp³-hybridized carbons (Fsp3) is 0.900. The topological polar surface area (TPSA) is 40.9 Å². The Morgan fingerprint density at radius 3 is 2.31 bits per heavy atom. The summed E-state index contributed by atoms with van der Waals surface area (Å²) in [6.45, 7) is 2.15. The molecule has 0 aliphatic heterocycles. The third-order valence-corrected chi connectivity index (χ3v) is 3.37. The molecule has 0 aliphatic rings. The fourth-order valence-corrected chi connectivity index (χ4v) is 2.34. The standard InChI is InChI=1S/C10H19NOS/c1-2-3-6-9-13(12)10-7-4-5-8-11/h2-7,9-10H2,1H3. The number of rotatable bonds is 8. The maximum atomic E-state index is 11.3. The Morgan fingerprint density at radius 2 is 1.77 bits per heavy atom. The van der Waals surface area contributed by atoms with Crippen LogP contribution in [0.4, 0.5) is 0 Å². The van der Waals surface area contributed by atoms with Gasteiger partial charge in [-0.2, -0.15) is 5.26 Å². The van der Waals surface area contributed by atoms with Gasteiger partial charge in [0, 0.05) is 28.7 Å². The van der Waals surface area contributed by atoms with Crippen molar-refractivity contribution in [3.63, 3.8) is 0 Å². The van der Waals surface area contributed by atoms with E-state index in [4.69, 9.17) is 5.26 Å². The van der Waals surface area contributed by atoms with Gasteiger partial charge in [-0.15, -0.1) is 0 Å². The average Bonchev–Trinajstić information content (AvgIpc) is 2.13. The van der Waals surface area contributed by atoms with Crippen molar-refractivity contribution in [1.82, 2.24) is 0 Å². The van der Waals surface area contributed by atoms with Crippen LogP contribution >= 0.6 is 0 Å². The van der Waals surface area contributed by atoms with Crippen molar-refractivity contribution >= 4 is 10.8 Å². The maximum Gasteiger partial charge on any atom is 0.0621 e. The Kier molecular flexibility index (Phi) is 9.46. The van der Waals surface area contributed by atoms with E-state index in [0.717, 1.165) is 30.8 Å². The molecule has 0 rings (SSSR count). The molecule has 3 heteroatoms. The molecule has 76 valence electrons. The second kappa shape index (κ2) is 9.73. The summed E-state index contributed by atoms with van der Waals surface area (Å²) >= 11 is 0. The number of hydrogen-bond donors (Lipinski definition) is 0. The van der Waals surface area contributed by atoms with Crippen molar-refractivity contribution in [1.29, 1.82) is 5.26 Å². The first-order chi connectivity index (χ1) is 6.31. The van der Waals surface area contributed by atoms with Gasteiger partial charge < -0.3 is 0 Å². The molecule has 0 aliphatic carbocycles. The smallest absolute Gasteiger partial charge is 0.0621 e. The minimum atomic E-state index is -0.634. The lowest BCUT2D eigenvalue weighted by molar-refractivity contribution is 0.671. The van der Waals surface area contributed by atoms with Crippen LogP contribution in [0, 0.1) is 11.3 Å². The lowest BCUT2D eigenvalue weighted by atomic mass is 10.3. The van der Waals surface area contributed by atoms with Gasteiger partial charge >= 0.3 is 0 Å². The van der Waals surface area contributed by atoms with Gasteiger partial charge in [-0.3, -0.25) is 4.21 Å². The molecular weight excluding hydrogens is 182 g/mol. The summed E-state index contributed by atoms with van der Waals surface area (Å²) in [5.74, 6) is 1.63. The molecule has 0 saturated carbocycles. The van der Waals surface area contributed by atoms with Crippen LogP contribution in [0.1, 0.15) is 45.4 Å². The van der Waals surface area contributed by atoms with Crippen LogP contribution < -0.4 is 0 Å². The van der Waals surface area contributed by atoms with Gasteiger partial charge in [-0.1, -0.05) is 19.8 Å². The van der Waals surface area contributed by atoms with Crippen LogP contribution in [0.25, 0.3) is 0 Å². The van der Waals surface area contributed by atoms with Crippen LogP contribution in [0.2, 0.25) is 0 Å². The van der Waals surface area contributed by atoms with Gasteiger partial charge in [0.15, 0.2) is 0 Å². The average molecular weight is 201 g/mol. The van der Waals surface area contributed by atoms with E-state index in [9.17, 15) is 4.21 Å². The van der Waals surface area contributed by atoms with Crippen LogP contribution in [0.3, 0.4) is 0 Å². The highest BCUT2D eigenvalue weighted by molar-refractivity contribution is 7.84. The second-order valence-corrected chi connectivity index (χ2v) is 4.87. The Hall–Kier alpha value is -0.360. The molecule has 0 amide bonds. The minimum Gasteiger partial charge on any atom is -0.260 e. The van der Waals surface area contributed by atoms with Crippen LogP contribution in [-0.2, 0) is 10.8 Å². The van der Waals surface area contributed by atoms with E-state index in [1.165, 1.54) is 12.8 Å². The third-order valence-electron chi connectivity index (χ3n) is 1.89. The summed E-state index contributed by atoms with van der Waals surface area (Å²) in [6.07, 6.45) is 5.89. The molecule has 0 heterocycles. The molecular formula is C10H19NOS. The molecule has 0 spiro atoms. The monoisotopic (exact) mass is 201 g/mol. The lowest BCUT2D eigenvalue weighted by Gasteiger charge is -1.99. The van der Waals surface area contributed by atoms with Crippen LogP contribution in [0.5, 0.6) is 0 Å². The predicted octanol–water partition coefficient (Wildman–Crippen LogP) is 2.62. The van der Waals surface area contributed by atoms with Gasteiger partial charge in [-0.25, -0.2) is 0 Å². The van der Waals surface area contributed by atoms with E-state index < -0.39 is 10.8 Å². The molecule has 0 bridgehead atoms. The summed E-state index contributed by atoms with van der Waals surface area (Å²) < 4.78 is 11.3. The molecule has 0 saturated heterocycles. The quantitative estimate of drug-likeness (QED) is 0.566. The number of hydrogen-bond acceptors (Lipinski definition) is 2. The van der Waals surface area contributed by atoms with Crippen molar-refractivity contribution in [2.24, 2.45) is 0 Å². The molecule has 0 radical (unpaired) electrons. The van der Waals surface area contributed by atoms with Gasteiger partial charge in [0.2, 0.25) is 0 Å². The molecule has 1 atom stereocenters. The fourth-order valence-electron chi connectivity index (χ4n) is 1.08. The zero-order chi connectivity index (χ0) is 9.94. The Morgan fingerprint density at radius 1 is 1.15 bits per heavy atom. The van der Waals surface area contributed by atoms with E-state index in [2.05, 4.69) is 13.0 Å². The first kappa shape index (κ1) is 12.6. The molecule has 2 nitrogen and oxygen atoms in total. The van der Waals surface area contributed by atoms with E-state index in [1.807, 2.05) is 0 Å². The van der Waals surface area contributed by atoms with Gasteiger partial charge in [0.1, 0.15) is 0 Å². The lowest BCUT2D eigenvalue weighted by Crippen LogP contribution is -2.02. The van der Waals surface area contributed by atoms with E-state index in [0.29, 0.717) is 6.42 Å². The molecule has 13 heavy (non-hydrogen) atoms. The van der Waals surface area contributed by atoms with Gasteiger partial charge in [-0.05, 0) is 19.3 Å². The summed E-state index contributed by atoms with van der Waals surface area (Å²) in [5, 5.41) is 8.28. The highest BCUT2D eigenvalue weighted by atomic mass is 32.2. The normalized spacial score (nSPS) is 12.3. The van der Waals surface area contributed by atoms with Crippen molar-refractivity contribution in [3.8, 4) is 6.07 Å². The summed E-state index contributed by atoms with van der Waals surface area (Å²) in [6, 6.07) is 2.09. The minimum absolute atomic E-state index is 0.603. The number of nitrogens with zero attached hydrogens (tertiary/aromatic N) is 1. The molecule has 0 N–H and O–H groups in total. The number of nitriles is 1. The molecule has 1 unspecified atom stereocenters. The van der Waals surface area contributed by atoms with Crippen LogP contribution in [-0.4, -0.2) is 15.7 Å². The van der Waals surface area contributed by atoms with Crippen molar-refractivity contribution in [3.05, 3.63) is 0 Å². The van der Waals surface area contributed by atoms with Crippen molar-refractivity contribution in [2.75, 3.05) is 11.5 Å². The summed E-state index contributed by atoms with van der Waals surface area (Å²) in [4.78, 5) is 0. The van der Waals surface area contributed by atoms with Crippen molar-refractivity contribution < 1.29 is 4.21 Å². The zero-order valence-electron chi connectivity index (χ0n) is 8.42. The van der Waals surface area contributed by atoms with Crippen molar-refractivity contribution in [2.45, 2.75) is 45.4 Å². The Balaban J connectivity index is 3.16. The van der Waals surface area contributed by atoms with Gasteiger partial charge in [0.25, 0.3) is 0 Å². The molecule has 0 aromatic carbocycles. The van der Waals surface area contributed by atoms with Crippen LogP contribution in [0.15, 0.2) is 0 Å². The molecule has 0 fully saturated rings. The first-order valence-corrected chi connectivity index (χ1v) is 6.52. The maximum absolute atomic E-state index is 11.3. The Labute approximate surface area is 83.8 Å². The molecule has 0 aromatic heterocycles. The SMILES string of the molecule is CCCCCS(=O)CCCCC#N. The van der Waals surface area contributed by atoms with E-state index in [1.54, 1.807) is 0 Å². The Bertz CT molecular complexity index is 174. The van der Waals surface area contributed by atoms with Gasteiger partial charge in [0.05, 0.1) is 6.07 Å². The van der Waals surface area contributed by atoms with E-state index >= 15 is 0 Å². The summed E-state index contributed by atoms with van der Waals surface area (Å²) in [5.41, 5.74) is 0. The molecule has 0 aromatic rings. The van der Waals surface area contributed by atoms with E-state index in [-0.39, 0.29) is 0 Å². The second-order valence-electron chi connectivity index (χ2n) is 3.17. The number of unbranched alkanes of at least 4 members (excludes halogenated alkanes) is 4. The zero-order valence-corrected chi connectivity index (χ0v) is 9.24. The first-order valence-electron chi connectivity index (χ1n) is 5.03. The third kappa shape index (κ3) is 9.55.